The van der Waals surface area contributed by atoms with Crippen molar-refractivity contribution in [2.45, 2.75) is 19.2 Å². The number of rotatable bonds is 2. The SMILES string of the molecule is CC(O)c1cccc(-c2cc3nc(N)nc(N)c3c3ccn(C)c23)c1.O=C(O)C(F)(F)F. The number of nitrogens with zero attached hydrogens (tertiary/aromatic N) is 3. The summed E-state index contributed by atoms with van der Waals surface area (Å²) in [5.41, 5.74) is 16.5. The number of aliphatic hydroxyl groups is 1. The van der Waals surface area contributed by atoms with Crippen molar-refractivity contribution >= 4 is 39.5 Å². The minimum absolute atomic E-state index is 0.156. The summed E-state index contributed by atoms with van der Waals surface area (Å²) in [6, 6.07) is 11.9. The predicted molar refractivity (Wildman–Crippen MR) is 115 cm³/mol. The van der Waals surface area contributed by atoms with Gasteiger partial charge in [-0.15, -0.1) is 0 Å². The molecule has 6 N–H and O–H groups in total. The lowest BCUT2D eigenvalue weighted by atomic mass is 9.97. The number of benzene rings is 2. The third kappa shape index (κ3) is 4.42. The van der Waals surface area contributed by atoms with E-state index in [2.05, 4.69) is 14.5 Å². The van der Waals surface area contributed by atoms with Crippen LogP contribution in [0.25, 0.3) is 32.9 Å². The molecule has 2 heterocycles. The Morgan fingerprint density at radius 3 is 2.41 bits per heavy atom. The molecular formula is C21H20F3N5O3. The summed E-state index contributed by atoms with van der Waals surface area (Å²) in [5, 5.41) is 18.8. The third-order valence-electron chi connectivity index (χ3n) is 4.78. The number of anilines is 2. The number of carboxylic acids is 1. The number of aromatic nitrogens is 3. The van der Waals surface area contributed by atoms with Gasteiger partial charge in [0, 0.05) is 24.2 Å². The number of aryl methyl sites for hydroxylation is 1. The fraction of sp³-hybridized carbons (Fsp3) is 0.190. The van der Waals surface area contributed by atoms with E-state index < -0.39 is 18.2 Å². The number of nitrogen functional groups attached to an aromatic ring is 2. The number of halogens is 3. The minimum atomic E-state index is -5.08. The number of carboxylic acid groups (broad SMARTS) is 1. The largest absolute Gasteiger partial charge is 0.490 e. The number of alkyl halides is 3. The van der Waals surface area contributed by atoms with E-state index in [0.717, 1.165) is 33.0 Å². The molecule has 8 nitrogen and oxygen atoms in total. The quantitative estimate of drug-likeness (QED) is 0.368. The summed E-state index contributed by atoms with van der Waals surface area (Å²) < 4.78 is 33.8. The van der Waals surface area contributed by atoms with Crippen LogP contribution in [0.4, 0.5) is 24.9 Å². The number of hydrogen-bond acceptors (Lipinski definition) is 6. The zero-order chi connectivity index (χ0) is 23.8. The van der Waals surface area contributed by atoms with Crippen molar-refractivity contribution in [3.8, 4) is 11.1 Å². The lowest BCUT2D eigenvalue weighted by Gasteiger charge is -2.13. The summed E-state index contributed by atoms with van der Waals surface area (Å²) in [6.45, 7) is 1.76. The molecule has 4 rings (SSSR count). The maximum absolute atomic E-state index is 10.6. The van der Waals surface area contributed by atoms with Gasteiger partial charge in [0.15, 0.2) is 0 Å². The molecule has 0 fully saturated rings. The molecule has 0 aliphatic rings. The van der Waals surface area contributed by atoms with Crippen molar-refractivity contribution in [1.82, 2.24) is 14.5 Å². The Kier molecular flexibility index (Phi) is 5.95. The summed E-state index contributed by atoms with van der Waals surface area (Å²) >= 11 is 0. The fourth-order valence-corrected chi connectivity index (χ4v) is 3.35. The molecule has 0 saturated heterocycles. The topological polar surface area (TPSA) is 140 Å². The molecule has 1 atom stereocenters. The normalized spacial score (nSPS) is 12.4. The summed E-state index contributed by atoms with van der Waals surface area (Å²) in [6.07, 6.45) is -3.63. The standard InChI is InChI=1S/C19H19N5O.C2HF3O2/c1-10(25)11-4-3-5-12(8-11)14-9-15-16(18(20)23-19(21)22-15)13-6-7-24(2)17(13)14;3-2(4,5)1(6)7/h3-10,25H,1-2H3,(H4,20,21,22,23);(H,6,7). The van der Waals surface area contributed by atoms with Crippen molar-refractivity contribution in [3.05, 3.63) is 48.2 Å². The Balaban J connectivity index is 0.000000360. The lowest BCUT2D eigenvalue weighted by molar-refractivity contribution is -0.192. The number of hydrogen-bond donors (Lipinski definition) is 4. The highest BCUT2D eigenvalue weighted by Crippen LogP contribution is 2.37. The van der Waals surface area contributed by atoms with Crippen LogP contribution in [0.2, 0.25) is 0 Å². The van der Waals surface area contributed by atoms with Crippen LogP contribution in [-0.2, 0) is 11.8 Å². The second kappa shape index (κ2) is 8.35. The van der Waals surface area contributed by atoms with Crippen molar-refractivity contribution in [3.63, 3.8) is 0 Å². The molecule has 32 heavy (non-hydrogen) atoms. The second-order valence-electron chi connectivity index (χ2n) is 7.08. The van der Waals surface area contributed by atoms with Gasteiger partial charge in [-0.3, -0.25) is 0 Å². The van der Waals surface area contributed by atoms with E-state index in [1.54, 1.807) is 6.92 Å². The van der Waals surface area contributed by atoms with Crippen molar-refractivity contribution in [2.75, 3.05) is 11.5 Å². The smallest absolute Gasteiger partial charge is 0.475 e. The van der Waals surface area contributed by atoms with Gasteiger partial charge in [0.05, 0.1) is 22.5 Å². The molecule has 4 aromatic rings. The molecule has 0 spiro atoms. The highest BCUT2D eigenvalue weighted by molar-refractivity contribution is 6.15. The first-order valence-electron chi connectivity index (χ1n) is 9.29. The fourth-order valence-electron chi connectivity index (χ4n) is 3.35. The van der Waals surface area contributed by atoms with Crippen LogP contribution in [0, 0.1) is 0 Å². The Hall–Kier alpha value is -3.86. The van der Waals surface area contributed by atoms with Crippen molar-refractivity contribution in [2.24, 2.45) is 7.05 Å². The van der Waals surface area contributed by atoms with Gasteiger partial charge in [-0.2, -0.15) is 18.2 Å². The summed E-state index contributed by atoms with van der Waals surface area (Å²) in [5.74, 6) is -2.22. The Morgan fingerprint density at radius 1 is 1.16 bits per heavy atom. The van der Waals surface area contributed by atoms with Gasteiger partial charge in [-0.1, -0.05) is 18.2 Å². The minimum Gasteiger partial charge on any atom is -0.475 e. The number of aliphatic hydroxyl groups excluding tert-OH is 1. The Morgan fingerprint density at radius 2 is 1.81 bits per heavy atom. The van der Waals surface area contributed by atoms with E-state index in [1.807, 2.05) is 49.6 Å². The van der Waals surface area contributed by atoms with E-state index in [9.17, 15) is 18.3 Å². The van der Waals surface area contributed by atoms with E-state index in [-0.39, 0.29) is 5.95 Å². The molecule has 2 aromatic carbocycles. The molecule has 2 aromatic heterocycles. The van der Waals surface area contributed by atoms with Gasteiger partial charge < -0.3 is 26.2 Å². The van der Waals surface area contributed by atoms with E-state index >= 15 is 0 Å². The van der Waals surface area contributed by atoms with Gasteiger partial charge in [0.1, 0.15) is 5.82 Å². The van der Waals surface area contributed by atoms with Crippen LogP contribution in [-0.4, -0.2) is 36.9 Å². The molecule has 11 heteroatoms. The monoisotopic (exact) mass is 447 g/mol. The first-order chi connectivity index (χ1) is 14.9. The molecule has 0 aliphatic carbocycles. The third-order valence-corrected chi connectivity index (χ3v) is 4.78. The number of nitrogens with two attached hydrogens (primary N) is 2. The van der Waals surface area contributed by atoms with E-state index in [4.69, 9.17) is 21.4 Å². The average Bonchev–Trinajstić information content (AvgIpc) is 3.08. The molecule has 0 aliphatic heterocycles. The maximum Gasteiger partial charge on any atom is 0.490 e. The van der Waals surface area contributed by atoms with Gasteiger partial charge in [0.2, 0.25) is 5.95 Å². The summed E-state index contributed by atoms with van der Waals surface area (Å²) in [7, 11) is 1.99. The molecule has 168 valence electrons. The Labute approximate surface area is 179 Å². The van der Waals surface area contributed by atoms with E-state index in [1.165, 1.54) is 0 Å². The second-order valence-corrected chi connectivity index (χ2v) is 7.08. The van der Waals surface area contributed by atoms with Crippen LogP contribution in [0.3, 0.4) is 0 Å². The molecule has 0 saturated carbocycles. The zero-order valence-electron chi connectivity index (χ0n) is 17.1. The molecule has 0 amide bonds. The zero-order valence-corrected chi connectivity index (χ0v) is 17.1. The first-order valence-corrected chi connectivity index (χ1v) is 9.29. The highest BCUT2D eigenvalue weighted by atomic mass is 19.4. The van der Waals surface area contributed by atoms with Gasteiger partial charge in [0.25, 0.3) is 0 Å². The van der Waals surface area contributed by atoms with Crippen LogP contribution in [0.1, 0.15) is 18.6 Å². The van der Waals surface area contributed by atoms with Crippen molar-refractivity contribution < 1.29 is 28.2 Å². The van der Waals surface area contributed by atoms with Crippen molar-refractivity contribution in [1.29, 1.82) is 0 Å². The lowest BCUT2D eigenvalue weighted by Crippen LogP contribution is -2.21. The van der Waals surface area contributed by atoms with Crippen LogP contribution in [0.5, 0.6) is 0 Å². The number of aliphatic carboxylic acids is 1. The maximum atomic E-state index is 10.6. The number of carbonyl (C=O) groups is 1. The molecular weight excluding hydrogens is 427 g/mol. The molecule has 0 radical (unpaired) electrons. The van der Waals surface area contributed by atoms with Crippen LogP contribution in [0.15, 0.2) is 42.6 Å². The molecule has 1 unspecified atom stereocenters. The average molecular weight is 447 g/mol. The molecule has 0 bridgehead atoms. The van der Waals surface area contributed by atoms with Crippen LogP contribution >= 0.6 is 0 Å². The number of fused-ring (bicyclic) bond motifs is 3. The van der Waals surface area contributed by atoms with E-state index in [0.29, 0.717) is 11.3 Å². The van der Waals surface area contributed by atoms with Crippen LogP contribution < -0.4 is 11.5 Å². The highest BCUT2D eigenvalue weighted by Gasteiger charge is 2.38. The predicted octanol–water partition coefficient (Wildman–Crippen LogP) is 3.64. The Bertz CT molecular complexity index is 1320. The van der Waals surface area contributed by atoms with Gasteiger partial charge in [-0.05, 0) is 36.2 Å². The first kappa shape index (κ1) is 22.8. The van der Waals surface area contributed by atoms with Gasteiger partial charge in [-0.25, -0.2) is 9.78 Å². The van der Waals surface area contributed by atoms with Gasteiger partial charge >= 0.3 is 12.1 Å². The summed E-state index contributed by atoms with van der Waals surface area (Å²) in [4.78, 5) is 17.4.